The summed E-state index contributed by atoms with van der Waals surface area (Å²) in [5, 5.41) is 21.6. The van der Waals surface area contributed by atoms with Crippen molar-refractivity contribution in [1.29, 1.82) is 0 Å². The molecule has 7 heteroatoms. The molecular weight excluding hydrogens is 416 g/mol. The third-order valence-electron chi connectivity index (χ3n) is 10.6. The highest BCUT2D eigenvalue weighted by Crippen LogP contribution is 2.68. The summed E-state index contributed by atoms with van der Waals surface area (Å²) in [6.45, 7) is 7.05. The van der Waals surface area contributed by atoms with E-state index in [1.165, 1.54) is 30.3 Å². The number of carbonyl (C=O) groups is 2. The highest BCUT2D eigenvalue weighted by molar-refractivity contribution is 5.91. The first-order valence-electron chi connectivity index (χ1n) is 12.9. The van der Waals surface area contributed by atoms with Gasteiger partial charge >= 0.3 is 0 Å². The number of nitrogens with one attached hydrogen (secondary N) is 1. The Kier molecular flexibility index (Phi) is 5.50. The lowest BCUT2D eigenvalue weighted by atomic mass is 9.44. The third kappa shape index (κ3) is 3.65. The van der Waals surface area contributed by atoms with Crippen molar-refractivity contribution in [2.75, 3.05) is 7.05 Å². The lowest BCUT2D eigenvalue weighted by Crippen LogP contribution is -2.55. The van der Waals surface area contributed by atoms with Gasteiger partial charge in [0.2, 0.25) is 0 Å². The summed E-state index contributed by atoms with van der Waals surface area (Å²) in [6.07, 6.45) is 11.3. The molecule has 7 nitrogen and oxygen atoms in total. The molecule has 4 aliphatic rings. The van der Waals surface area contributed by atoms with Crippen LogP contribution < -0.4 is 5.32 Å². The molecule has 0 radical (unpaired) electrons. The highest BCUT2D eigenvalue weighted by atomic mass is 16.3. The van der Waals surface area contributed by atoms with E-state index in [2.05, 4.69) is 29.4 Å². The van der Waals surface area contributed by atoms with Gasteiger partial charge < -0.3 is 10.4 Å². The van der Waals surface area contributed by atoms with Gasteiger partial charge in [-0.05, 0) is 99.2 Å². The van der Waals surface area contributed by atoms with E-state index in [0.29, 0.717) is 23.2 Å². The van der Waals surface area contributed by atoms with Crippen LogP contribution in [-0.4, -0.2) is 44.4 Å². The fraction of sp³-hybridized carbons (Fsp3) is 0.846. The molecule has 0 bridgehead atoms. The maximum Gasteiger partial charge on any atom is 0.273 e. The van der Waals surface area contributed by atoms with Crippen molar-refractivity contribution in [2.45, 2.75) is 90.7 Å². The van der Waals surface area contributed by atoms with Crippen molar-refractivity contribution in [3.63, 3.8) is 0 Å². The van der Waals surface area contributed by atoms with Crippen LogP contribution in [0.5, 0.6) is 0 Å². The molecule has 182 valence electrons. The second kappa shape index (κ2) is 7.89. The predicted octanol–water partition coefficient (Wildman–Crippen LogP) is 3.62. The molecule has 4 fully saturated rings. The average molecular weight is 457 g/mol. The van der Waals surface area contributed by atoms with Crippen LogP contribution in [0.25, 0.3) is 0 Å². The fourth-order valence-corrected chi connectivity index (χ4v) is 8.82. The summed E-state index contributed by atoms with van der Waals surface area (Å²) >= 11 is 0. The quantitative estimate of drug-likeness (QED) is 0.721. The molecule has 1 aromatic rings. The van der Waals surface area contributed by atoms with Crippen molar-refractivity contribution in [3.05, 3.63) is 11.9 Å². The van der Waals surface area contributed by atoms with Gasteiger partial charge in [-0.3, -0.25) is 9.59 Å². The normalized spacial score (nSPS) is 44.5. The zero-order chi connectivity index (χ0) is 23.6. The molecule has 8 atom stereocenters. The number of rotatable bonds is 4. The Morgan fingerprint density at radius 2 is 1.82 bits per heavy atom. The molecule has 33 heavy (non-hydrogen) atoms. The largest absolute Gasteiger partial charge is 0.390 e. The van der Waals surface area contributed by atoms with E-state index in [1.807, 2.05) is 6.92 Å². The first-order valence-corrected chi connectivity index (χ1v) is 12.9. The summed E-state index contributed by atoms with van der Waals surface area (Å²) in [7, 11) is 1.56. The molecule has 0 unspecified atom stereocenters. The number of nitrogens with zero attached hydrogens (tertiary/aromatic N) is 3. The first kappa shape index (κ1) is 23.0. The second-order valence-corrected chi connectivity index (χ2v) is 12.3. The molecule has 5 rings (SSSR count). The molecule has 0 aliphatic heterocycles. The Hall–Kier alpha value is -1.76. The van der Waals surface area contributed by atoms with Gasteiger partial charge in [-0.25, -0.2) is 0 Å². The average Bonchev–Trinajstić information content (AvgIpc) is 3.37. The Morgan fingerprint density at radius 1 is 1.06 bits per heavy atom. The van der Waals surface area contributed by atoms with Gasteiger partial charge in [0, 0.05) is 13.0 Å². The van der Waals surface area contributed by atoms with Crippen molar-refractivity contribution in [3.8, 4) is 0 Å². The van der Waals surface area contributed by atoms with Crippen molar-refractivity contribution in [1.82, 2.24) is 20.3 Å². The molecule has 1 heterocycles. The third-order valence-corrected chi connectivity index (χ3v) is 10.6. The molecule has 2 N–H and O–H groups in total. The van der Waals surface area contributed by atoms with Crippen LogP contribution in [0, 0.1) is 40.4 Å². The number of carbonyl (C=O) groups excluding carboxylic acids is 2. The number of hydrogen-bond donors (Lipinski definition) is 2. The minimum absolute atomic E-state index is 0.0514. The topological polar surface area (TPSA) is 97.1 Å². The number of fused-ring (bicyclic) bond motifs is 5. The van der Waals surface area contributed by atoms with Crippen molar-refractivity contribution >= 4 is 11.7 Å². The summed E-state index contributed by atoms with van der Waals surface area (Å²) < 4.78 is 0. The van der Waals surface area contributed by atoms with Crippen LogP contribution in [0.3, 0.4) is 0 Å². The van der Waals surface area contributed by atoms with Gasteiger partial charge in [0.05, 0.1) is 11.8 Å². The first-order chi connectivity index (χ1) is 15.6. The van der Waals surface area contributed by atoms with Crippen LogP contribution in [0.4, 0.5) is 0 Å². The van der Waals surface area contributed by atoms with E-state index in [1.54, 1.807) is 7.05 Å². The van der Waals surface area contributed by atoms with E-state index in [0.717, 1.165) is 44.4 Å². The molecule has 1 amide bonds. The lowest BCUT2D eigenvalue weighted by Gasteiger charge is -2.61. The highest BCUT2D eigenvalue weighted by Gasteiger charge is 2.61. The lowest BCUT2D eigenvalue weighted by molar-refractivity contribution is -0.151. The zero-order valence-electron chi connectivity index (χ0n) is 20.6. The van der Waals surface area contributed by atoms with Crippen LogP contribution in [-0.2, 0) is 11.3 Å². The van der Waals surface area contributed by atoms with Crippen molar-refractivity contribution < 1.29 is 14.7 Å². The van der Waals surface area contributed by atoms with Crippen LogP contribution in [0.2, 0.25) is 0 Å². The van der Waals surface area contributed by atoms with E-state index < -0.39 is 5.60 Å². The number of ketones is 1. The maximum atomic E-state index is 13.4. The second-order valence-electron chi connectivity index (χ2n) is 12.3. The van der Waals surface area contributed by atoms with Gasteiger partial charge in [0.25, 0.3) is 5.91 Å². The SMILES string of the molecule is CNC(=O)c1cnn(CC(=O)[C@H]2CC[C@H]3[C@@H]4CC[C@H]5C[C@](C)(O)CC[C@]5(C)[C@H]4CC[C@]23C)n1. The molecule has 1 aromatic heterocycles. The molecule has 4 saturated carbocycles. The van der Waals surface area contributed by atoms with E-state index in [4.69, 9.17) is 0 Å². The minimum atomic E-state index is -0.497. The standard InChI is InChI=1S/C26H40N4O3/c1-24(33)11-12-25(2)16(13-24)5-6-17-18-7-8-20(26(18,3)10-9-19(17)25)22(31)15-30-28-14-21(29-30)23(32)27-4/h14,16-20,33H,5-13,15H2,1-4H3,(H,27,32)/t16-,17-,18-,19-,20+,24+,25-,26-/m0/s1. The Bertz CT molecular complexity index is 942. The number of amides is 1. The number of Topliss-reactive ketones (excluding diaryl/α,β-unsaturated/α-hetero) is 1. The Labute approximate surface area is 197 Å². The van der Waals surface area contributed by atoms with Crippen LogP contribution in [0.1, 0.15) is 89.0 Å². The molecule has 4 aliphatic carbocycles. The summed E-state index contributed by atoms with van der Waals surface area (Å²) in [5.41, 5.74) is 0.142. The number of aliphatic hydroxyl groups is 1. The fourth-order valence-electron chi connectivity index (χ4n) is 8.82. The minimum Gasteiger partial charge on any atom is -0.390 e. The van der Waals surface area contributed by atoms with Gasteiger partial charge in [-0.15, -0.1) is 5.10 Å². The smallest absolute Gasteiger partial charge is 0.273 e. The number of hydrogen-bond acceptors (Lipinski definition) is 5. The van der Waals surface area contributed by atoms with Crippen molar-refractivity contribution in [2.24, 2.45) is 40.4 Å². The van der Waals surface area contributed by atoms with Gasteiger partial charge in [0.15, 0.2) is 11.5 Å². The molecule has 0 aromatic carbocycles. The maximum absolute atomic E-state index is 13.4. The van der Waals surface area contributed by atoms with E-state index >= 15 is 0 Å². The van der Waals surface area contributed by atoms with Crippen LogP contribution in [0.15, 0.2) is 6.20 Å². The monoisotopic (exact) mass is 456 g/mol. The molecular formula is C26H40N4O3. The number of aromatic nitrogens is 3. The van der Waals surface area contributed by atoms with Gasteiger partial charge in [0.1, 0.15) is 6.54 Å². The molecule has 0 spiro atoms. The predicted molar refractivity (Wildman–Crippen MR) is 124 cm³/mol. The van der Waals surface area contributed by atoms with E-state index in [9.17, 15) is 14.7 Å². The molecule has 0 saturated heterocycles. The summed E-state index contributed by atoms with van der Waals surface area (Å²) in [4.78, 5) is 26.6. The van der Waals surface area contributed by atoms with E-state index in [-0.39, 0.29) is 35.3 Å². The zero-order valence-corrected chi connectivity index (χ0v) is 20.6. The summed E-state index contributed by atoms with van der Waals surface area (Å²) in [5.74, 6) is 2.65. The Balaban J connectivity index is 1.31. The van der Waals surface area contributed by atoms with Gasteiger partial charge in [-0.1, -0.05) is 13.8 Å². The Morgan fingerprint density at radius 3 is 2.58 bits per heavy atom. The van der Waals surface area contributed by atoms with Crippen LogP contribution >= 0.6 is 0 Å². The van der Waals surface area contributed by atoms with Gasteiger partial charge in [-0.2, -0.15) is 9.90 Å². The summed E-state index contributed by atoms with van der Waals surface area (Å²) in [6, 6.07) is 0.